The summed E-state index contributed by atoms with van der Waals surface area (Å²) in [6.07, 6.45) is 1.02. The molecule has 0 saturated carbocycles. The molecule has 0 aliphatic heterocycles. The average Bonchev–Trinajstić information content (AvgIpc) is 3.15. The van der Waals surface area contributed by atoms with Gasteiger partial charge in [0.2, 0.25) is 0 Å². The van der Waals surface area contributed by atoms with E-state index >= 15 is 0 Å². The van der Waals surface area contributed by atoms with Crippen LogP contribution < -0.4 is 10.6 Å². The van der Waals surface area contributed by atoms with Crippen LogP contribution in [0.5, 0.6) is 0 Å². The van der Waals surface area contributed by atoms with Gasteiger partial charge in [-0.2, -0.15) is 0 Å². The van der Waals surface area contributed by atoms with Gasteiger partial charge in [0.25, 0.3) is 0 Å². The fourth-order valence-corrected chi connectivity index (χ4v) is 3.63. The summed E-state index contributed by atoms with van der Waals surface area (Å²) >= 11 is 3.48. The van der Waals surface area contributed by atoms with Crippen LogP contribution >= 0.6 is 46.7 Å². The van der Waals surface area contributed by atoms with Crippen LogP contribution in [0.15, 0.2) is 27.9 Å². The van der Waals surface area contributed by atoms with Gasteiger partial charge in [-0.25, -0.2) is 9.98 Å². The zero-order valence-corrected chi connectivity index (χ0v) is 18.7. The number of thiophene rings is 1. The molecule has 0 fully saturated rings. The van der Waals surface area contributed by atoms with E-state index in [1.165, 1.54) is 4.88 Å². The Morgan fingerprint density at radius 1 is 1.25 bits per heavy atom. The van der Waals surface area contributed by atoms with E-state index in [9.17, 15) is 0 Å². The molecule has 2 aromatic heterocycles. The monoisotopic (exact) mass is 478 g/mol. The topological polar surface area (TPSA) is 49.3 Å². The molecule has 2 N–H and O–H groups in total. The summed E-state index contributed by atoms with van der Waals surface area (Å²) in [6, 6.07) is 4.26. The van der Waals surface area contributed by atoms with Crippen molar-refractivity contribution in [1.82, 2.24) is 15.6 Å². The van der Waals surface area contributed by atoms with E-state index in [1.807, 2.05) is 0 Å². The molecule has 0 radical (unpaired) electrons. The highest BCUT2D eigenvalue weighted by atomic mass is 127. The third kappa shape index (κ3) is 7.06. The number of nitrogens with zero attached hydrogens (tertiary/aromatic N) is 2. The van der Waals surface area contributed by atoms with Gasteiger partial charge in [-0.05, 0) is 24.8 Å². The van der Waals surface area contributed by atoms with Crippen molar-refractivity contribution in [2.24, 2.45) is 4.99 Å². The van der Waals surface area contributed by atoms with Crippen LogP contribution in [0.3, 0.4) is 0 Å². The summed E-state index contributed by atoms with van der Waals surface area (Å²) in [6.45, 7) is 11.0. The number of hydrogen-bond donors (Lipinski definition) is 2. The summed E-state index contributed by atoms with van der Waals surface area (Å²) in [7, 11) is 0. The SMILES string of the molecule is CCNC(=NCc1nc(C(C)(C)C)cs1)NCCc1cccs1.I. The highest BCUT2D eigenvalue weighted by Gasteiger charge is 2.17. The second-order valence-corrected chi connectivity index (χ2v) is 8.30. The summed E-state index contributed by atoms with van der Waals surface area (Å²) in [5.41, 5.74) is 1.24. The van der Waals surface area contributed by atoms with E-state index in [1.54, 1.807) is 22.7 Å². The maximum atomic E-state index is 4.69. The molecular formula is C17H27IN4S2. The minimum absolute atomic E-state index is 0. The standard InChI is InChI=1S/C17H26N4S2.HI/c1-5-18-16(19-9-8-13-7-6-10-22-13)20-11-15-21-14(12-23-15)17(2,3)4;/h6-7,10,12H,5,8-9,11H2,1-4H3,(H2,18,19,20);1H. The third-order valence-corrected chi connectivity index (χ3v) is 5.05. The minimum Gasteiger partial charge on any atom is -0.357 e. The summed E-state index contributed by atoms with van der Waals surface area (Å²) in [4.78, 5) is 10.7. The molecule has 4 nitrogen and oxygen atoms in total. The fourth-order valence-electron chi connectivity index (χ4n) is 1.98. The van der Waals surface area contributed by atoms with E-state index < -0.39 is 0 Å². The number of hydrogen-bond acceptors (Lipinski definition) is 4. The minimum atomic E-state index is 0. The first-order valence-corrected chi connectivity index (χ1v) is 9.74. The smallest absolute Gasteiger partial charge is 0.191 e. The van der Waals surface area contributed by atoms with Crippen molar-refractivity contribution in [3.63, 3.8) is 0 Å². The summed E-state index contributed by atoms with van der Waals surface area (Å²) in [5, 5.41) is 12.0. The molecule has 0 atom stereocenters. The van der Waals surface area contributed by atoms with Crippen LogP contribution in [0.2, 0.25) is 0 Å². The molecule has 0 bridgehead atoms. The van der Waals surface area contributed by atoms with Crippen molar-refractivity contribution in [3.05, 3.63) is 38.5 Å². The lowest BCUT2D eigenvalue weighted by molar-refractivity contribution is 0.571. The fraction of sp³-hybridized carbons (Fsp3) is 0.529. The summed E-state index contributed by atoms with van der Waals surface area (Å²) in [5.74, 6) is 0.858. The molecule has 0 saturated heterocycles. The van der Waals surface area contributed by atoms with Gasteiger partial charge < -0.3 is 10.6 Å². The van der Waals surface area contributed by atoms with Crippen LogP contribution in [0.4, 0.5) is 0 Å². The summed E-state index contributed by atoms with van der Waals surface area (Å²) < 4.78 is 0. The van der Waals surface area contributed by atoms with Crippen molar-refractivity contribution >= 4 is 52.6 Å². The normalized spacial score (nSPS) is 11.9. The van der Waals surface area contributed by atoms with E-state index in [4.69, 9.17) is 4.98 Å². The lowest BCUT2D eigenvalue weighted by atomic mass is 9.93. The first kappa shape index (κ1) is 21.4. The number of nitrogens with one attached hydrogen (secondary N) is 2. The first-order valence-electron chi connectivity index (χ1n) is 7.98. The highest BCUT2D eigenvalue weighted by Crippen LogP contribution is 2.24. The van der Waals surface area contributed by atoms with Gasteiger partial charge in [0, 0.05) is 28.8 Å². The molecule has 2 heterocycles. The van der Waals surface area contributed by atoms with Crippen molar-refractivity contribution < 1.29 is 0 Å². The maximum Gasteiger partial charge on any atom is 0.191 e. The van der Waals surface area contributed by atoms with Crippen molar-refractivity contribution in [3.8, 4) is 0 Å². The van der Waals surface area contributed by atoms with Gasteiger partial charge in [-0.15, -0.1) is 46.7 Å². The molecule has 0 amide bonds. The van der Waals surface area contributed by atoms with Crippen LogP contribution in [0.1, 0.15) is 43.3 Å². The molecule has 7 heteroatoms. The second-order valence-electron chi connectivity index (χ2n) is 6.33. The largest absolute Gasteiger partial charge is 0.357 e. The van der Waals surface area contributed by atoms with Gasteiger partial charge >= 0.3 is 0 Å². The number of aliphatic imine (C=N–C) groups is 1. The molecule has 0 aromatic carbocycles. The lowest BCUT2D eigenvalue weighted by Crippen LogP contribution is -2.38. The Kier molecular flexibility index (Phi) is 9.22. The van der Waals surface area contributed by atoms with E-state index in [-0.39, 0.29) is 29.4 Å². The zero-order valence-electron chi connectivity index (χ0n) is 14.8. The molecule has 134 valence electrons. The Bertz CT molecular complexity index is 615. The first-order chi connectivity index (χ1) is 11.0. The lowest BCUT2D eigenvalue weighted by Gasteiger charge is -2.14. The van der Waals surface area contributed by atoms with E-state index in [2.05, 4.69) is 66.2 Å². The van der Waals surface area contributed by atoms with E-state index in [0.717, 1.165) is 36.2 Å². The number of rotatable bonds is 6. The highest BCUT2D eigenvalue weighted by molar-refractivity contribution is 14.0. The van der Waals surface area contributed by atoms with Crippen LogP contribution in [0.25, 0.3) is 0 Å². The Hall–Kier alpha value is -0.670. The molecule has 2 aromatic rings. The molecule has 0 aliphatic rings. The van der Waals surface area contributed by atoms with Gasteiger partial charge in [-0.1, -0.05) is 26.8 Å². The van der Waals surface area contributed by atoms with Crippen molar-refractivity contribution in [2.75, 3.05) is 13.1 Å². The Morgan fingerprint density at radius 2 is 2.04 bits per heavy atom. The van der Waals surface area contributed by atoms with Gasteiger partial charge in [0.15, 0.2) is 5.96 Å². The average molecular weight is 478 g/mol. The molecule has 0 aliphatic carbocycles. The van der Waals surface area contributed by atoms with Crippen molar-refractivity contribution in [1.29, 1.82) is 0 Å². The third-order valence-electron chi connectivity index (χ3n) is 3.28. The Balaban J connectivity index is 0.00000288. The molecule has 0 spiro atoms. The molecular weight excluding hydrogens is 451 g/mol. The van der Waals surface area contributed by atoms with Crippen molar-refractivity contribution in [2.45, 2.75) is 46.1 Å². The Labute approximate surface area is 170 Å². The number of guanidine groups is 1. The van der Waals surface area contributed by atoms with Gasteiger partial charge in [0.1, 0.15) is 5.01 Å². The van der Waals surface area contributed by atoms with Crippen LogP contribution in [-0.4, -0.2) is 24.0 Å². The number of halogens is 1. The predicted molar refractivity (Wildman–Crippen MR) is 117 cm³/mol. The Morgan fingerprint density at radius 3 is 2.62 bits per heavy atom. The second kappa shape index (κ2) is 10.4. The van der Waals surface area contributed by atoms with Crippen LogP contribution in [-0.2, 0) is 18.4 Å². The predicted octanol–water partition coefficient (Wildman–Crippen LogP) is 4.42. The molecule has 2 rings (SSSR count). The zero-order chi connectivity index (χ0) is 16.7. The van der Waals surface area contributed by atoms with Crippen LogP contribution in [0, 0.1) is 0 Å². The number of thiazole rings is 1. The maximum absolute atomic E-state index is 4.69. The van der Waals surface area contributed by atoms with Gasteiger partial charge in [0.05, 0.1) is 12.2 Å². The molecule has 24 heavy (non-hydrogen) atoms. The molecule has 0 unspecified atom stereocenters. The quantitative estimate of drug-likeness (QED) is 0.367. The van der Waals surface area contributed by atoms with E-state index in [0.29, 0.717) is 6.54 Å². The van der Waals surface area contributed by atoms with Gasteiger partial charge in [-0.3, -0.25) is 0 Å². The number of aromatic nitrogens is 1.